The van der Waals surface area contributed by atoms with E-state index in [2.05, 4.69) is 20.6 Å². The van der Waals surface area contributed by atoms with E-state index in [1.54, 1.807) is 12.4 Å². The predicted molar refractivity (Wildman–Crippen MR) is 115 cm³/mol. The molecule has 0 saturated carbocycles. The highest BCUT2D eigenvalue weighted by Gasteiger charge is 2.23. The average molecular weight is 431 g/mol. The van der Waals surface area contributed by atoms with Gasteiger partial charge in [-0.05, 0) is 31.9 Å². The van der Waals surface area contributed by atoms with Crippen molar-refractivity contribution < 1.29 is 14.4 Å². The maximum Gasteiger partial charge on any atom is 0.263 e. The standard InChI is InChI=1S/C20H22N4O3S2/c1-13(25)7-3-2-4-9-15(22-19(27)17-11-21-12-28-17)18(26)24-20-23-14-8-5-6-10-16(14)29-20/h5-6,8,10-12,15H,2-4,7,9H2,1H3,(H,22,27)(H,23,24,26)/t15-/m0/s1. The number of ketones is 1. The molecule has 1 atom stereocenters. The minimum absolute atomic E-state index is 0.161. The van der Waals surface area contributed by atoms with Crippen molar-refractivity contribution in [2.24, 2.45) is 0 Å². The molecule has 0 aliphatic carbocycles. The van der Waals surface area contributed by atoms with Crippen LogP contribution in [0, 0.1) is 0 Å². The van der Waals surface area contributed by atoms with Crippen LogP contribution in [0.5, 0.6) is 0 Å². The summed E-state index contributed by atoms with van der Waals surface area (Å²) >= 11 is 2.62. The Labute approximate surface area is 176 Å². The van der Waals surface area contributed by atoms with E-state index in [1.165, 1.54) is 28.9 Å². The van der Waals surface area contributed by atoms with Gasteiger partial charge in [-0.25, -0.2) is 4.98 Å². The highest BCUT2D eigenvalue weighted by atomic mass is 32.1. The Morgan fingerprint density at radius 1 is 1.14 bits per heavy atom. The van der Waals surface area contributed by atoms with Gasteiger partial charge < -0.3 is 15.4 Å². The van der Waals surface area contributed by atoms with Crippen LogP contribution < -0.4 is 10.6 Å². The van der Waals surface area contributed by atoms with Gasteiger partial charge in [0.2, 0.25) is 5.91 Å². The second-order valence-electron chi connectivity index (χ2n) is 6.67. The van der Waals surface area contributed by atoms with Gasteiger partial charge in [-0.15, -0.1) is 11.3 Å². The summed E-state index contributed by atoms with van der Waals surface area (Å²) in [6, 6.07) is 6.96. The maximum atomic E-state index is 12.8. The van der Waals surface area contributed by atoms with Crippen molar-refractivity contribution in [3.63, 3.8) is 0 Å². The summed E-state index contributed by atoms with van der Waals surface area (Å²) in [5.74, 6) is -0.456. The molecule has 0 aliphatic heterocycles. The first kappa shape index (κ1) is 21.1. The van der Waals surface area contributed by atoms with Crippen molar-refractivity contribution in [2.45, 2.75) is 45.1 Å². The molecule has 2 heterocycles. The topological polar surface area (TPSA) is 101 Å². The molecule has 9 heteroatoms. The number of hydrogen-bond acceptors (Lipinski definition) is 7. The zero-order chi connectivity index (χ0) is 20.6. The lowest BCUT2D eigenvalue weighted by Gasteiger charge is -2.17. The zero-order valence-electron chi connectivity index (χ0n) is 16.0. The number of carbonyl (C=O) groups excluding carboxylic acids is 3. The Hall–Kier alpha value is -2.65. The minimum atomic E-state index is -0.686. The molecule has 2 aromatic heterocycles. The molecule has 0 spiro atoms. The summed E-state index contributed by atoms with van der Waals surface area (Å²) in [6.45, 7) is 1.57. The smallest absolute Gasteiger partial charge is 0.263 e. The second kappa shape index (κ2) is 10.2. The molecule has 3 aromatic rings. The number of unbranched alkanes of at least 4 members (excludes halogenated alkanes) is 2. The van der Waals surface area contributed by atoms with Crippen LogP contribution in [-0.2, 0) is 9.59 Å². The summed E-state index contributed by atoms with van der Waals surface area (Å²) in [4.78, 5) is 45.1. The number of aromatic nitrogens is 2. The first-order chi connectivity index (χ1) is 14.0. The Morgan fingerprint density at radius 2 is 1.97 bits per heavy atom. The molecule has 0 radical (unpaired) electrons. The molecular formula is C20H22N4O3S2. The molecule has 1 aromatic carbocycles. The largest absolute Gasteiger partial charge is 0.339 e. The van der Waals surface area contributed by atoms with Gasteiger partial charge in [-0.2, -0.15) is 0 Å². The van der Waals surface area contributed by atoms with Crippen molar-refractivity contribution >= 4 is 55.6 Å². The molecule has 0 bridgehead atoms. The molecule has 3 rings (SSSR count). The van der Waals surface area contributed by atoms with E-state index in [9.17, 15) is 14.4 Å². The summed E-state index contributed by atoms with van der Waals surface area (Å²) in [5, 5.41) is 6.14. The van der Waals surface area contributed by atoms with Crippen LogP contribution in [0.2, 0.25) is 0 Å². The molecule has 0 saturated heterocycles. The van der Waals surface area contributed by atoms with Crippen molar-refractivity contribution in [2.75, 3.05) is 5.32 Å². The third-order valence-electron chi connectivity index (χ3n) is 4.32. The number of hydrogen-bond donors (Lipinski definition) is 2. The van der Waals surface area contributed by atoms with E-state index in [1.807, 2.05) is 24.3 Å². The van der Waals surface area contributed by atoms with Gasteiger partial charge in [0, 0.05) is 6.42 Å². The number of benzene rings is 1. The van der Waals surface area contributed by atoms with E-state index < -0.39 is 6.04 Å². The fourth-order valence-corrected chi connectivity index (χ4v) is 4.24. The van der Waals surface area contributed by atoms with Gasteiger partial charge >= 0.3 is 0 Å². The Kier molecular flexibility index (Phi) is 7.42. The van der Waals surface area contributed by atoms with Crippen molar-refractivity contribution in [3.05, 3.63) is 40.8 Å². The van der Waals surface area contributed by atoms with Crippen LogP contribution in [0.3, 0.4) is 0 Å². The number of fused-ring (bicyclic) bond motifs is 1. The summed E-state index contributed by atoms with van der Waals surface area (Å²) in [6.07, 6.45) is 4.84. The van der Waals surface area contributed by atoms with E-state index in [4.69, 9.17) is 0 Å². The molecule has 29 heavy (non-hydrogen) atoms. The Bertz CT molecular complexity index is 952. The van der Waals surface area contributed by atoms with Crippen LogP contribution in [0.25, 0.3) is 10.2 Å². The van der Waals surface area contributed by atoms with Gasteiger partial charge in [0.05, 0.1) is 21.9 Å². The number of rotatable bonds is 10. The number of Topliss-reactive ketones (excluding diaryl/α,β-unsaturated/α-hetero) is 1. The maximum absolute atomic E-state index is 12.8. The minimum Gasteiger partial charge on any atom is -0.339 e. The lowest BCUT2D eigenvalue weighted by atomic mass is 10.1. The molecule has 0 fully saturated rings. The predicted octanol–water partition coefficient (Wildman–Crippen LogP) is 4.03. The fraction of sp³-hybridized carbons (Fsp3) is 0.350. The van der Waals surface area contributed by atoms with Gasteiger partial charge in [0.1, 0.15) is 16.7 Å². The Morgan fingerprint density at radius 3 is 2.69 bits per heavy atom. The number of carbonyl (C=O) groups is 3. The molecule has 0 unspecified atom stereocenters. The van der Waals surface area contributed by atoms with Crippen molar-refractivity contribution in [1.82, 2.24) is 15.3 Å². The number of nitrogens with zero attached hydrogens (tertiary/aromatic N) is 2. The van der Waals surface area contributed by atoms with Gasteiger partial charge in [0.15, 0.2) is 5.13 Å². The summed E-state index contributed by atoms with van der Waals surface area (Å²) < 4.78 is 0.984. The highest BCUT2D eigenvalue weighted by molar-refractivity contribution is 7.22. The first-order valence-corrected chi connectivity index (χ1v) is 11.1. The SMILES string of the molecule is CC(=O)CCCCC[C@H](NC(=O)c1cncs1)C(=O)Nc1nc2ccccc2s1. The van der Waals surface area contributed by atoms with Crippen LogP contribution >= 0.6 is 22.7 Å². The number of anilines is 1. The van der Waals surface area contributed by atoms with Crippen LogP contribution in [0.4, 0.5) is 5.13 Å². The molecule has 7 nitrogen and oxygen atoms in total. The highest BCUT2D eigenvalue weighted by Crippen LogP contribution is 2.25. The second-order valence-corrected chi connectivity index (χ2v) is 8.59. The monoisotopic (exact) mass is 430 g/mol. The molecular weight excluding hydrogens is 408 g/mol. The lowest BCUT2D eigenvalue weighted by Crippen LogP contribution is -2.43. The van der Waals surface area contributed by atoms with Gasteiger partial charge in [-0.3, -0.25) is 14.6 Å². The van der Waals surface area contributed by atoms with E-state index >= 15 is 0 Å². The quantitative estimate of drug-likeness (QED) is 0.473. The number of amides is 2. The molecule has 0 aliphatic rings. The van der Waals surface area contributed by atoms with E-state index in [0.29, 0.717) is 22.9 Å². The van der Waals surface area contributed by atoms with Crippen molar-refractivity contribution in [1.29, 1.82) is 0 Å². The third-order valence-corrected chi connectivity index (χ3v) is 6.05. The average Bonchev–Trinajstić information content (AvgIpc) is 3.35. The zero-order valence-corrected chi connectivity index (χ0v) is 17.6. The van der Waals surface area contributed by atoms with E-state index in [0.717, 1.165) is 29.5 Å². The van der Waals surface area contributed by atoms with Crippen LogP contribution in [0.1, 0.15) is 48.7 Å². The molecule has 2 amide bonds. The molecule has 2 N–H and O–H groups in total. The normalized spacial score (nSPS) is 11.9. The third kappa shape index (κ3) is 6.16. The number of para-hydroxylation sites is 1. The van der Waals surface area contributed by atoms with Crippen LogP contribution in [0.15, 0.2) is 36.0 Å². The molecule has 152 valence electrons. The lowest BCUT2D eigenvalue weighted by molar-refractivity contribution is -0.118. The first-order valence-electron chi connectivity index (χ1n) is 9.38. The van der Waals surface area contributed by atoms with E-state index in [-0.39, 0.29) is 17.6 Å². The van der Waals surface area contributed by atoms with Gasteiger partial charge in [0.25, 0.3) is 5.91 Å². The summed E-state index contributed by atoms with van der Waals surface area (Å²) in [5.41, 5.74) is 2.40. The van der Waals surface area contributed by atoms with Crippen LogP contribution in [-0.4, -0.2) is 33.6 Å². The Balaban J connectivity index is 1.63. The number of thiazole rings is 2. The summed E-state index contributed by atoms with van der Waals surface area (Å²) in [7, 11) is 0. The fourth-order valence-electron chi connectivity index (χ4n) is 2.84. The van der Waals surface area contributed by atoms with Gasteiger partial charge in [-0.1, -0.05) is 36.3 Å². The van der Waals surface area contributed by atoms with Crippen molar-refractivity contribution in [3.8, 4) is 0 Å². The number of nitrogens with one attached hydrogen (secondary N) is 2.